The predicted octanol–water partition coefficient (Wildman–Crippen LogP) is 4.26. The molecule has 2 nitrogen and oxygen atoms in total. The molecule has 0 fully saturated rings. The van der Waals surface area contributed by atoms with Gasteiger partial charge in [0, 0.05) is 29.0 Å². The minimum absolute atomic E-state index is 0.312. The first-order valence-electron chi connectivity index (χ1n) is 6.08. The second kappa shape index (κ2) is 6.12. The van der Waals surface area contributed by atoms with Crippen molar-refractivity contribution in [1.82, 2.24) is 10.3 Å². The molecule has 1 aromatic carbocycles. The molecule has 2 aromatic rings. The van der Waals surface area contributed by atoms with Crippen molar-refractivity contribution in [3.63, 3.8) is 0 Å². The number of rotatable bonds is 4. The van der Waals surface area contributed by atoms with Crippen LogP contribution in [0.4, 0.5) is 0 Å². The number of hydrogen-bond donors (Lipinski definition) is 1. The second-order valence-electron chi connectivity index (χ2n) is 4.44. The number of aromatic nitrogens is 1. The van der Waals surface area contributed by atoms with E-state index in [9.17, 15) is 0 Å². The van der Waals surface area contributed by atoms with Gasteiger partial charge < -0.3 is 5.32 Å². The monoisotopic (exact) mass is 304 g/mol. The highest BCUT2D eigenvalue weighted by atomic mass is 79.9. The zero-order valence-electron chi connectivity index (χ0n) is 10.6. The van der Waals surface area contributed by atoms with Crippen molar-refractivity contribution in [3.8, 4) is 0 Å². The first kappa shape index (κ1) is 13.2. The Labute approximate surface area is 117 Å². The summed E-state index contributed by atoms with van der Waals surface area (Å²) in [4.78, 5) is 4.04. The average Bonchev–Trinajstić information content (AvgIpc) is 2.40. The Balaban J connectivity index is 2.03. The number of nitrogens with one attached hydrogen (secondary N) is 1. The third-order valence-corrected chi connectivity index (χ3v) is 3.60. The number of pyridine rings is 1. The summed E-state index contributed by atoms with van der Waals surface area (Å²) in [5, 5.41) is 3.59. The molecule has 1 N–H and O–H groups in total. The molecule has 0 aliphatic heterocycles. The summed E-state index contributed by atoms with van der Waals surface area (Å²) in [6.45, 7) is 4.35. The lowest BCUT2D eigenvalue weighted by Crippen LogP contribution is -2.22. The lowest BCUT2D eigenvalue weighted by molar-refractivity contribution is 0.494. The van der Waals surface area contributed by atoms with Crippen molar-refractivity contribution < 1.29 is 0 Å². The van der Waals surface area contributed by atoms with Gasteiger partial charge in [0.2, 0.25) is 0 Å². The van der Waals surface area contributed by atoms with Gasteiger partial charge in [-0.25, -0.2) is 0 Å². The molecule has 1 heterocycles. The van der Waals surface area contributed by atoms with Crippen LogP contribution in [0.1, 0.15) is 37.1 Å². The van der Waals surface area contributed by atoms with Crippen LogP contribution < -0.4 is 5.32 Å². The molecule has 1 unspecified atom stereocenters. The molecule has 94 valence electrons. The molecule has 2 rings (SSSR count). The molecule has 0 saturated heterocycles. The first-order chi connectivity index (χ1) is 8.66. The summed E-state index contributed by atoms with van der Waals surface area (Å²) in [6, 6.07) is 13.2. The molecule has 1 aromatic heterocycles. The lowest BCUT2D eigenvalue weighted by atomic mass is 10.1. The van der Waals surface area contributed by atoms with E-state index in [1.165, 1.54) is 11.1 Å². The van der Waals surface area contributed by atoms with Crippen LogP contribution in [0.5, 0.6) is 0 Å². The maximum absolute atomic E-state index is 4.04. The molecular formula is C15H17BrN2. The van der Waals surface area contributed by atoms with E-state index in [0.29, 0.717) is 12.1 Å². The zero-order chi connectivity index (χ0) is 13.0. The Hall–Kier alpha value is -1.19. The first-order valence-corrected chi connectivity index (χ1v) is 6.87. The van der Waals surface area contributed by atoms with E-state index in [1.54, 1.807) is 0 Å². The Morgan fingerprint density at radius 2 is 1.39 bits per heavy atom. The van der Waals surface area contributed by atoms with E-state index in [4.69, 9.17) is 0 Å². The zero-order valence-corrected chi connectivity index (χ0v) is 12.2. The highest BCUT2D eigenvalue weighted by Gasteiger charge is 2.10. The van der Waals surface area contributed by atoms with Crippen LogP contribution >= 0.6 is 15.9 Å². The van der Waals surface area contributed by atoms with Gasteiger partial charge in [0.25, 0.3) is 0 Å². The van der Waals surface area contributed by atoms with Crippen molar-refractivity contribution in [2.24, 2.45) is 0 Å². The summed E-state index contributed by atoms with van der Waals surface area (Å²) in [5.41, 5.74) is 2.55. The fraction of sp³-hybridized carbons (Fsp3) is 0.267. The molecule has 0 bridgehead atoms. The molecule has 0 aliphatic rings. The molecule has 0 saturated carbocycles. The molecule has 3 heteroatoms. The fourth-order valence-corrected chi connectivity index (χ4v) is 2.24. The van der Waals surface area contributed by atoms with E-state index in [2.05, 4.69) is 64.3 Å². The largest absolute Gasteiger partial charge is 0.304 e. The quantitative estimate of drug-likeness (QED) is 0.913. The Bertz CT molecular complexity index is 482. The van der Waals surface area contributed by atoms with Crippen LogP contribution in [-0.4, -0.2) is 4.98 Å². The van der Waals surface area contributed by atoms with Crippen molar-refractivity contribution >= 4 is 15.9 Å². The third kappa shape index (κ3) is 3.40. The summed E-state index contributed by atoms with van der Waals surface area (Å²) in [5.74, 6) is 0. The third-order valence-electron chi connectivity index (χ3n) is 3.08. The predicted molar refractivity (Wildman–Crippen MR) is 78.3 cm³/mol. The van der Waals surface area contributed by atoms with Gasteiger partial charge in [-0.2, -0.15) is 0 Å². The Morgan fingerprint density at radius 3 is 1.94 bits per heavy atom. The average molecular weight is 305 g/mol. The Morgan fingerprint density at radius 1 is 0.889 bits per heavy atom. The molecule has 0 radical (unpaired) electrons. The summed E-state index contributed by atoms with van der Waals surface area (Å²) in [6.07, 6.45) is 3.66. The summed E-state index contributed by atoms with van der Waals surface area (Å²) in [7, 11) is 0. The van der Waals surface area contributed by atoms with Crippen molar-refractivity contribution in [1.29, 1.82) is 0 Å². The van der Waals surface area contributed by atoms with Crippen LogP contribution in [0.2, 0.25) is 0 Å². The van der Waals surface area contributed by atoms with E-state index < -0.39 is 0 Å². The minimum atomic E-state index is 0.312. The van der Waals surface area contributed by atoms with E-state index in [-0.39, 0.29) is 0 Å². The van der Waals surface area contributed by atoms with Gasteiger partial charge in [-0.15, -0.1) is 0 Å². The molecule has 0 amide bonds. The van der Waals surface area contributed by atoms with Gasteiger partial charge in [0.1, 0.15) is 0 Å². The van der Waals surface area contributed by atoms with E-state index >= 15 is 0 Å². The van der Waals surface area contributed by atoms with Gasteiger partial charge in [0.05, 0.1) is 0 Å². The van der Waals surface area contributed by atoms with Gasteiger partial charge in [-0.1, -0.05) is 28.1 Å². The van der Waals surface area contributed by atoms with Crippen molar-refractivity contribution in [2.45, 2.75) is 25.9 Å². The van der Waals surface area contributed by atoms with Crippen LogP contribution in [0.25, 0.3) is 0 Å². The summed E-state index contributed by atoms with van der Waals surface area (Å²) >= 11 is 3.45. The molecule has 2 atom stereocenters. The lowest BCUT2D eigenvalue weighted by Gasteiger charge is -2.20. The normalized spacial score (nSPS) is 14.2. The smallest absolute Gasteiger partial charge is 0.0298 e. The second-order valence-corrected chi connectivity index (χ2v) is 5.36. The minimum Gasteiger partial charge on any atom is -0.304 e. The molecule has 0 spiro atoms. The summed E-state index contributed by atoms with van der Waals surface area (Å²) < 4.78 is 1.11. The highest BCUT2D eigenvalue weighted by Crippen LogP contribution is 2.20. The van der Waals surface area contributed by atoms with Gasteiger partial charge >= 0.3 is 0 Å². The maximum Gasteiger partial charge on any atom is 0.0298 e. The molecule has 18 heavy (non-hydrogen) atoms. The highest BCUT2D eigenvalue weighted by molar-refractivity contribution is 9.10. The Kier molecular flexibility index (Phi) is 4.50. The van der Waals surface area contributed by atoms with Crippen molar-refractivity contribution in [3.05, 3.63) is 64.4 Å². The van der Waals surface area contributed by atoms with Crippen LogP contribution in [0.3, 0.4) is 0 Å². The number of nitrogens with zero attached hydrogens (tertiary/aromatic N) is 1. The topological polar surface area (TPSA) is 24.9 Å². The van der Waals surface area contributed by atoms with Crippen LogP contribution in [0.15, 0.2) is 53.3 Å². The van der Waals surface area contributed by atoms with Gasteiger partial charge in [0.15, 0.2) is 0 Å². The molecule has 0 aliphatic carbocycles. The maximum atomic E-state index is 4.04. The SMILES string of the molecule is CC(N[C@@H](C)c1ccc(Br)cc1)c1ccncc1. The standard InChI is InChI=1S/C15H17BrN2/c1-11(13-3-5-15(16)6-4-13)18-12(2)14-7-9-17-10-8-14/h3-12,18H,1-2H3/t11-,12?/m0/s1. The number of halogens is 1. The number of benzene rings is 1. The number of hydrogen-bond acceptors (Lipinski definition) is 2. The molecular weight excluding hydrogens is 288 g/mol. The van der Waals surface area contributed by atoms with Crippen LogP contribution in [-0.2, 0) is 0 Å². The van der Waals surface area contributed by atoms with E-state index in [1.807, 2.05) is 24.5 Å². The fourth-order valence-electron chi connectivity index (χ4n) is 1.97. The van der Waals surface area contributed by atoms with Crippen molar-refractivity contribution in [2.75, 3.05) is 0 Å². The van der Waals surface area contributed by atoms with Gasteiger partial charge in [-0.3, -0.25) is 4.98 Å². The van der Waals surface area contributed by atoms with Crippen LogP contribution in [0, 0.1) is 0 Å². The van der Waals surface area contributed by atoms with E-state index in [0.717, 1.165) is 4.47 Å². The van der Waals surface area contributed by atoms with Gasteiger partial charge in [-0.05, 0) is 49.2 Å².